The van der Waals surface area contributed by atoms with Crippen molar-refractivity contribution in [1.82, 2.24) is 10.0 Å². The maximum absolute atomic E-state index is 12.3. The van der Waals surface area contributed by atoms with Gasteiger partial charge in [-0.1, -0.05) is 31.2 Å². The van der Waals surface area contributed by atoms with E-state index in [2.05, 4.69) is 14.8 Å². The molecule has 2 aromatic rings. The summed E-state index contributed by atoms with van der Waals surface area (Å²) in [4.78, 5) is 12.3. The molecule has 0 saturated carbocycles. The van der Waals surface area contributed by atoms with E-state index in [0.29, 0.717) is 17.7 Å². The first kappa shape index (κ1) is 22.5. The molecule has 0 aliphatic heterocycles. The van der Waals surface area contributed by atoms with Crippen molar-refractivity contribution in [2.75, 3.05) is 6.54 Å². The van der Waals surface area contributed by atoms with Crippen LogP contribution in [0.3, 0.4) is 0 Å². The van der Waals surface area contributed by atoms with Gasteiger partial charge in [0.25, 0.3) is 0 Å². The Morgan fingerprint density at radius 3 is 2.48 bits per heavy atom. The summed E-state index contributed by atoms with van der Waals surface area (Å²) >= 11 is 0. The fourth-order valence-corrected chi connectivity index (χ4v) is 3.55. The van der Waals surface area contributed by atoms with Gasteiger partial charge in [-0.2, -0.15) is 8.78 Å². The van der Waals surface area contributed by atoms with Gasteiger partial charge in [0, 0.05) is 12.6 Å². The Morgan fingerprint density at radius 2 is 1.86 bits per heavy atom. The fraction of sp³-hybridized carbons (Fsp3) is 0.250. The van der Waals surface area contributed by atoms with Crippen LogP contribution in [0.15, 0.2) is 59.5 Å². The number of nitrogens with one attached hydrogen (secondary N) is 2. The Bertz CT molecular complexity index is 961. The summed E-state index contributed by atoms with van der Waals surface area (Å²) in [7, 11) is -3.53. The minimum absolute atomic E-state index is 0.0155. The molecule has 2 rings (SSSR count). The zero-order valence-electron chi connectivity index (χ0n) is 15.9. The van der Waals surface area contributed by atoms with Crippen molar-refractivity contribution in [1.29, 1.82) is 0 Å². The molecule has 2 N–H and O–H groups in total. The highest BCUT2D eigenvalue weighted by Gasteiger charge is 2.12. The molecule has 0 aliphatic carbocycles. The molecular formula is C20H22F2N2O4S. The average Bonchev–Trinajstić information content (AvgIpc) is 2.66. The molecule has 0 fully saturated rings. The molecule has 6 nitrogen and oxygen atoms in total. The molecule has 0 radical (unpaired) electrons. The summed E-state index contributed by atoms with van der Waals surface area (Å²) in [5.74, 6) is -0.372. The molecule has 0 aliphatic rings. The number of ether oxygens (including phenoxy) is 1. The van der Waals surface area contributed by atoms with Crippen molar-refractivity contribution >= 4 is 22.0 Å². The second kappa shape index (κ2) is 10.1. The highest BCUT2D eigenvalue weighted by Crippen LogP contribution is 2.20. The molecule has 0 bridgehead atoms. The van der Waals surface area contributed by atoms with E-state index in [4.69, 9.17) is 0 Å². The van der Waals surface area contributed by atoms with Crippen LogP contribution in [0.25, 0.3) is 6.08 Å². The third kappa shape index (κ3) is 6.95. The summed E-state index contributed by atoms with van der Waals surface area (Å²) in [5, 5.41) is 2.72. The van der Waals surface area contributed by atoms with Crippen LogP contribution in [0.1, 0.15) is 31.0 Å². The highest BCUT2D eigenvalue weighted by atomic mass is 32.2. The lowest BCUT2D eigenvalue weighted by Gasteiger charge is -2.14. The number of sulfonamides is 1. The van der Waals surface area contributed by atoms with Gasteiger partial charge in [0.05, 0.1) is 10.9 Å². The molecule has 1 atom stereocenters. The van der Waals surface area contributed by atoms with Gasteiger partial charge in [-0.15, -0.1) is 0 Å². The Balaban J connectivity index is 1.99. The van der Waals surface area contributed by atoms with Crippen LogP contribution < -0.4 is 14.8 Å². The number of benzene rings is 2. The van der Waals surface area contributed by atoms with E-state index in [0.717, 1.165) is 0 Å². The standard InChI is InChI=1S/C20H22F2N2O4S/c1-3-23-29(26,27)18-10-7-15(8-11-18)9-12-19(25)24-14(2)16-5-4-6-17(13-16)28-20(21)22/h4-14,20,23H,3H2,1-2H3,(H,24,25). The van der Waals surface area contributed by atoms with Crippen LogP contribution in [0.2, 0.25) is 0 Å². The zero-order valence-corrected chi connectivity index (χ0v) is 16.7. The topological polar surface area (TPSA) is 84.5 Å². The lowest BCUT2D eigenvalue weighted by molar-refractivity contribution is -0.117. The van der Waals surface area contributed by atoms with Crippen LogP contribution in [0, 0.1) is 0 Å². The van der Waals surface area contributed by atoms with E-state index in [1.807, 2.05) is 0 Å². The lowest BCUT2D eigenvalue weighted by atomic mass is 10.1. The van der Waals surface area contributed by atoms with Crippen molar-refractivity contribution in [3.8, 4) is 5.75 Å². The first-order chi connectivity index (χ1) is 13.7. The first-order valence-corrected chi connectivity index (χ1v) is 10.3. The first-order valence-electron chi connectivity index (χ1n) is 8.84. The molecule has 156 valence electrons. The molecular weight excluding hydrogens is 402 g/mol. The van der Waals surface area contributed by atoms with Crippen LogP contribution in [0.5, 0.6) is 5.75 Å². The van der Waals surface area contributed by atoms with E-state index in [-0.39, 0.29) is 16.6 Å². The maximum Gasteiger partial charge on any atom is 0.387 e. The van der Waals surface area contributed by atoms with E-state index in [1.165, 1.54) is 30.3 Å². The van der Waals surface area contributed by atoms with E-state index < -0.39 is 22.7 Å². The monoisotopic (exact) mass is 424 g/mol. The molecule has 0 saturated heterocycles. The van der Waals surface area contributed by atoms with Gasteiger partial charge in [0.15, 0.2) is 0 Å². The number of amides is 1. The summed E-state index contributed by atoms with van der Waals surface area (Å²) in [5.41, 5.74) is 1.26. The number of rotatable bonds is 9. The molecule has 0 aromatic heterocycles. The Kier molecular flexibility index (Phi) is 7.86. The van der Waals surface area contributed by atoms with Gasteiger partial charge in [-0.3, -0.25) is 4.79 Å². The molecule has 1 unspecified atom stereocenters. The molecule has 9 heteroatoms. The fourth-order valence-electron chi connectivity index (χ4n) is 2.51. The summed E-state index contributed by atoms with van der Waals surface area (Å²) in [6.45, 7) is 0.779. The predicted molar refractivity (Wildman–Crippen MR) is 106 cm³/mol. The lowest BCUT2D eigenvalue weighted by Crippen LogP contribution is -2.24. The number of carbonyl (C=O) groups excluding carboxylic acids is 1. The predicted octanol–water partition coefficient (Wildman–Crippen LogP) is 3.48. The molecule has 1 amide bonds. The van der Waals surface area contributed by atoms with Crippen LogP contribution in [-0.4, -0.2) is 27.5 Å². The Hall–Kier alpha value is -2.78. The van der Waals surface area contributed by atoms with Crippen molar-refractivity contribution < 1.29 is 26.7 Å². The molecule has 2 aromatic carbocycles. The normalized spacial score (nSPS) is 12.9. The highest BCUT2D eigenvalue weighted by molar-refractivity contribution is 7.89. The van der Waals surface area contributed by atoms with Gasteiger partial charge in [-0.05, 0) is 48.4 Å². The molecule has 29 heavy (non-hydrogen) atoms. The quantitative estimate of drug-likeness (QED) is 0.604. The van der Waals surface area contributed by atoms with Crippen LogP contribution in [-0.2, 0) is 14.8 Å². The second-order valence-corrected chi connectivity index (χ2v) is 7.85. The van der Waals surface area contributed by atoms with Gasteiger partial charge in [0.2, 0.25) is 15.9 Å². The van der Waals surface area contributed by atoms with E-state index in [9.17, 15) is 22.0 Å². The molecule has 0 heterocycles. The maximum atomic E-state index is 12.3. The van der Waals surface area contributed by atoms with Crippen LogP contribution in [0.4, 0.5) is 8.78 Å². The largest absolute Gasteiger partial charge is 0.435 e. The Labute approximate surface area is 168 Å². The number of carbonyl (C=O) groups is 1. The van der Waals surface area contributed by atoms with Crippen molar-refractivity contribution in [3.05, 3.63) is 65.7 Å². The van der Waals surface area contributed by atoms with E-state index >= 15 is 0 Å². The number of hydrogen-bond acceptors (Lipinski definition) is 4. The zero-order chi connectivity index (χ0) is 21.4. The third-order valence-corrected chi connectivity index (χ3v) is 5.46. The van der Waals surface area contributed by atoms with Gasteiger partial charge < -0.3 is 10.1 Å². The Morgan fingerprint density at radius 1 is 1.17 bits per heavy atom. The SMILES string of the molecule is CCNS(=O)(=O)c1ccc(C=CC(=O)NC(C)c2cccc(OC(F)F)c2)cc1. The third-order valence-electron chi connectivity index (χ3n) is 3.89. The second-order valence-electron chi connectivity index (χ2n) is 6.08. The van der Waals surface area contributed by atoms with Crippen LogP contribution >= 0.6 is 0 Å². The minimum atomic E-state index is -3.53. The summed E-state index contributed by atoms with van der Waals surface area (Å²) in [6.07, 6.45) is 2.85. The minimum Gasteiger partial charge on any atom is -0.435 e. The van der Waals surface area contributed by atoms with Crippen molar-refractivity contribution in [2.24, 2.45) is 0 Å². The van der Waals surface area contributed by atoms with Gasteiger partial charge >= 0.3 is 6.61 Å². The van der Waals surface area contributed by atoms with Crippen molar-refractivity contribution in [3.63, 3.8) is 0 Å². The number of alkyl halides is 2. The number of halogens is 2. The van der Waals surface area contributed by atoms with Gasteiger partial charge in [0.1, 0.15) is 5.75 Å². The summed E-state index contributed by atoms with van der Waals surface area (Å²) < 4.78 is 55.2. The average molecular weight is 424 g/mol. The molecule has 0 spiro atoms. The van der Waals surface area contributed by atoms with Crippen molar-refractivity contribution in [2.45, 2.75) is 31.4 Å². The number of hydrogen-bond donors (Lipinski definition) is 2. The smallest absolute Gasteiger partial charge is 0.387 e. The van der Waals surface area contributed by atoms with Gasteiger partial charge in [-0.25, -0.2) is 13.1 Å². The van der Waals surface area contributed by atoms with E-state index in [1.54, 1.807) is 44.2 Å². The summed E-state index contributed by atoms with van der Waals surface area (Å²) in [6, 6.07) is 11.7.